The predicted molar refractivity (Wildman–Crippen MR) is 117 cm³/mol. The molecular weight excluding hydrogens is 372 g/mol. The molecule has 0 spiro atoms. The molecule has 0 saturated carbocycles. The highest BCUT2D eigenvalue weighted by molar-refractivity contribution is 6.31. The average Bonchev–Trinajstić information content (AvgIpc) is 2.65. The van der Waals surface area contributed by atoms with Crippen LogP contribution in [0.15, 0.2) is 42.5 Å². The number of amides is 1. The Labute approximate surface area is 174 Å². The van der Waals surface area contributed by atoms with Gasteiger partial charge in [0.15, 0.2) is 0 Å². The molecule has 0 aliphatic rings. The van der Waals surface area contributed by atoms with Crippen molar-refractivity contribution < 1.29 is 14.0 Å². The first kappa shape index (κ1) is 22.4. The third-order valence-electron chi connectivity index (χ3n) is 4.66. The molecule has 0 unspecified atom stereocenters. The largest absolute Gasteiger partial charge is 0.381 e. The first-order valence-corrected chi connectivity index (χ1v) is 10.2. The Balaban J connectivity index is 1.88. The summed E-state index contributed by atoms with van der Waals surface area (Å²) in [5, 5.41) is 3.53. The van der Waals surface area contributed by atoms with E-state index in [0.717, 1.165) is 54.9 Å². The monoisotopic (exact) mass is 403 g/mol. The number of carbonyl (C=O) groups is 1. The van der Waals surface area contributed by atoms with Crippen LogP contribution in [0.4, 0.5) is 5.69 Å². The quantitative estimate of drug-likeness (QED) is 0.432. The van der Waals surface area contributed by atoms with Crippen molar-refractivity contribution in [3.63, 3.8) is 0 Å². The standard InChI is InChI=1S/C23H31ClN2O2/c1-5-14-28-15-6-13-26(3,4)17-19-8-11-21(12-9-19)25-23(27)20-10-7-18(2)22(24)16-20/h7-12,16H,5-6,13-15,17H2,1-4H3/p+1. The molecular formula is C23H32ClN2O2+. The van der Waals surface area contributed by atoms with E-state index in [1.54, 1.807) is 12.1 Å². The van der Waals surface area contributed by atoms with E-state index >= 15 is 0 Å². The van der Waals surface area contributed by atoms with Gasteiger partial charge in [0.1, 0.15) is 6.54 Å². The van der Waals surface area contributed by atoms with Crippen molar-refractivity contribution in [2.24, 2.45) is 0 Å². The Morgan fingerprint density at radius 1 is 1.11 bits per heavy atom. The Bertz CT molecular complexity index is 773. The number of halogens is 1. The van der Waals surface area contributed by atoms with Crippen molar-refractivity contribution in [3.8, 4) is 0 Å². The van der Waals surface area contributed by atoms with Crippen molar-refractivity contribution in [3.05, 3.63) is 64.2 Å². The third-order valence-corrected chi connectivity index (χ3v) is 5.06. The maximum atomic E-state index is 12.4. The van der Waals surface area contributed by atoms with Crippen LogP contribution in [0, 0.1) is 6.92 Å². The van der Waals surface area contributed by atoms with Gasteiger partial charge in [0, 0.05) is 34.9 Å². The van der Waals surface area contributed by atoms with E-state index < -0.39 is 0 Å². The number of quaternary nitrogens is 1. The van der Waals surface area contributed by atoms with Crippen molar-refractivity contribution in [1.29, 1.82) is 0 Å². The molecule has 0 radical (unpaired) electrons. The van der Waals surface area contributed by atoms with E-state index in [9.17, 15) is 4.79 Å². The molecule has 28 heavy (non-hydrogen) atoms. The zero-order chi connectivity index (χ0) is 20.6. The molecule has 0 fully saturated rings. The summed E-state index contributed by atoms with van der Waals surface area (Å²) in [6.45, 7) is 7.72. The second kappa shape index (κ2) is 10.6. The lowest BCUT2D eigenvalue weighted by Crippen LogP contribution is -2.40. The van der Waals surface area contributed by atoms with E-state index in [-0.39, 0.29) is 5.91 Å². The van der Waals surface area contributed by atoms with Gasteiger partial charge in [-0.1, -0.05) is 36.7 Å². The molecule has 0 aromatic heterocycles. The van der Waals surface area contributed by atoms with Crippen molar-refractivity contribution in [1.82, 2.24) is 0 Å². The van der Waals surface area contributed by atoms with Gasteiger partial charge in [-0.05, 0) is 43.2 Å². The van der Waals surface area contributed by atoms with Gasteiger partial charge in [-0.3, -0.25) is 4.79 Å². The van der Waals surface area contributed by atoms with Gasteiger partial charge < -0.3 is 14.5 Å². The highest BCUT2D eigenvalue weighted by Gasteiger charge is 2.16. The fourth-order valence-electron chi connectivity index (χ4n) is 3.05. The lowest BCUT2D eigenvalue weighted by molar-refractivity contribution is -0.903. The Morgan fingerprint density at radius 3 is 2.46 bits per heavy atom. The smallest absolute Gasteiger partial charge is 0.255 e. The van der Waals surface area contributed by atoms with Crippen LogP contribution in [0.3, 0.4) is 0 Å². The first-order valence-electron chi connectivity index (χ1n) is 9.87. The van der Waals surface area contributed by atoms with Crippen LogP contribution in [0.2, 0.25) is 5.02 Å². The van der Waals surface area contributed by atoms with E-state index in [0.29, 0.717) is 10.6 Å². The van der Waals surface area contributed by atoms with Crippen LogP contribution in [0.25, 0.3) is 0 Å². The molecule has 152 valence electrons. The fraction of sp³-hybridized carbons (Fsp3) is 0.435. The second-order valence-electron chi connectivity index (χ2n) is 7.90. The molecule has 1 N–H and O–H groups in total. The molecule has 0 aliphatic heterocycles. The summed E-state index contributed by atoms with van der Waals surface area (Å²) in [5.74, 6) is -0.155. The zero-order valence-electron chi connectivity index (χ0n) is 17.4. The van der Waals surface area contributed by atoms with Gasteiger partial charge in [0.25, 0.3) is 5.91 Å². The van der Waals surface area contributed by atoms with E-state index in [1.807, 2.05) is 25.1 Å². The summed E-state index contributed by atoms with van der Waals surface area (Å²) < 4.78 is 6.48. The highest BCUT2D eigenvalue weighted by Crippen LogP contribution is 2.19. The van der Waals surface area contributed by atoms with Crippen LogP contribution in [0.1, 0.15) is 41.3 Å². The van der Waals surface area contributed by atoms with Gasteiger partial charge in [-0.2, -0.15) is 0 Å². The van der Waals surface area contributed by atoms with E-state index in [4.69, 9.17) is 16.3 Å². The average molecular weight is 404 g/mol. The number of hydrogen-bond donors (Lipinski definition) is 1. The van der Waals surface area contributed by atoms with Crippen LogP contribution >= 0.6 is 11.6 Å². The van der Waals surface area contributed by atoms with Crippen molar-refractivity contribution in [2.75, 3.05) is 39.2 Å². The van der Waals surface area contributed by atoms with Crippen LogP contribution in [-0.2, 0) is 11.3 Å². The molecule has 0 atom stereocenters. The third kappa shape index (κ3) is 7.27. The van der Waals surface area contributed by atoms with Gasteiger partial charge in [-0.25, -0.2) is 0 Å². The lowest BCUT2D eigenvalue weighted by Gasteiger charge is -2.30. The van der Waals surface area contributed by atoms with Gasteiger partial charge in [-0.15, -0.1) is 0 Å². The maximum Gasteiger partial charge on any atom is 0.255 e. The SMILES string of the molecule is CCCOCCC[N+](C)(C)Cc1ccc(NC(=O)c2ccc(C)c(Cl)c2)cc1. The van der Waals surface area contributed by atoms with E-state index in [1.165, 1.54) is 5.56 Å². The minimum absolute atomic E-state index is 0.155. The normalized spacial score (nSPS) is 11.5. The molecule has 4 nitrogen and oxygen atoms in total. The van der Waals surface area contributed by atoms with Crippen molar-refractivity contribution >= 4 is 23.2 Å². The molecule has 2 aromatic rings. The topological polar surface area (TPSA) is 38.3 Å². The van der Waals surface area contributed by atoms with Crippen LogP contribution in [0.5, 0.6) is 0 Å². The number of nitrogens with zero attached hydrogens (tertiary/aromatic N) is 1. The minimum atomic E-state index is -0.155. The van der Waals surface area contributed by atoms with Gasteiger partial charge >= 0.3 is 0 Å². The predicted octanol–water partition coefficient (Wildman–Crippen LogP) is 5.29. The molecule has 2 rings (SSSR count). The van der Waals surface area contributed by atoms with E-state index in [2.05, 4.69) is 38.5 Å². The Morgan fingerprint density at radius 2 is 1.82 bits per heavy atom. The number of hydrogen-bond acceptors (Lipinski definition) is 2. The molecule has 5 heteroatoms. The molecule has 0 saturated heterocycles. The Kier molecular flexibility index (Phi) is 8.49. The van der Waals surface area contributed by atoms with Crippen LogP contribution < -0.4 is 5.32 Å². The molecule has 1 amide bonds. The molecule has 0 aliphatic carbocycles. The number of benzene rings is 2. The number of rotatable bonds is 10. The van der Waals surface area contributed by atoms with Crippen molar-refractivity contribution in [2.45, 2.75) is 33.2 Å². The summed E-state index contributed by atoms with van der Waals surface area (Å²) in [6, 6.07) is 13.4. The Hall–Kier alpha value is -1.88. The molecule has 0 heterocycles. The number of anilines is 1. The van der Waals surface area contributed by atoms with Gasteiger partial charge in [0.05, 0.1) is 27.2 Å². The first-order chi connectivity index (χ1) is 13.3. The minimum Gasteiger partial charge on any atom is -0.381 e. The highest BCUT2D eigenvalue weighted by atomic mass is 35.5. The second-order valence-corrected chi connectivity index (χ2v) is 8.31. The van der Waals surface area contributed by atoms with Gasteiger partial charge in [0.2, 0.25) is 0 Å². The maximum absolute atomic E-state index is 12.4. The lowest BCUT2D eigenvalue weighted by atomic mass is 10.1. The summed E-state index contributed by atoms with van der Waals surface area (Å²) in [6.07, 6.45) is 2.12. The summed E-state index contributed by atoms with van der Waals surface area (Å²) in [7, 11) is 4.47. The summed E-state index contributed by atoms with van der Waals surface area (Å²) >= 11 is 6.11. The number of aryl methyl sites for hydroxylation is 1. The summed E-state index contributed by atoms with van der Waals surface area (Å²) in [5.41, 5.74) is 3.54. The fourth-order valence-corrected chi connectivity index (χ4v) is 3.23. The summed E-state index contributed by atoms with van der Waals surface area (Å²) in [4.78, 5) is 12.4. The number of nitrogens with one attached hydrogen (secondary N) is 1. The number of ether oxygens (including phenoxy) is 1. The number of carbonyl (C=O) groups excluding carboxylic acids is 1. The zero-order valence-corrected chi connectivity index (χ0v) is 18.2. The molecule has 2 aromatic carbocycles. The molecule has 0 bridgehead atoms. The van der Waals surface area contributed by atoms with Crippen LogP contribution in [-0.4, -0.2) is 44.2 Å².